The van der Waals surface area contributed by atoms with E-state index in [-0.39, 0.29) is 11.5 Å². The average molecular weight is 360 g/mol. The molecule has 1 heterocycles. The fourth-order valence-electron chi connectivity index (χ4n) is 2.72. The highest BCUT2D eigenvalue weighted by Crippen LogP contribution is 2.19. The lowest BCUT2D eigenvalue weighted by Gasteiger charge is -2.37. The van der Waals surface area contributed by atoms with Crippen LogP contribution in [0.15, 0.2) is 48.5 Å². The number of anilines is 2. The van der Waals surface area contributed by atoms with E-state index < -0.39 is 4.92 Å². The van der Waals surface area contributed by atoms with Crippen LogP contribution in [-0.2, 0) is 0 Å². The van der Waals surface area contributed by atoms with Crippen LogP contribution in [0.5, 0.6) is 0 Å². The minimum Gasteiger partial charge on any atom is -0.368 e. The van der Waals surface area contributed by atoms with Crippen molar-refractivity contribution in [1.82, 2.24) is 4.90 Å². The first-order chi connectivity index (χ1) is 12.0. The van der Waals surface area contributed by atoms with E-state index in [2.05, 4.69) is 10.2 Å². The van der Waals surface area contributed by atoms with Gasteiger partial charge in [-0.2, -0.15) is 0 Å². The number of rotatable bonds is 3. The van der Waals surface area contributed by atoms with Gasteiger partial charge in [0.1, 0.15) is 5.82 Å². The Labute approximate surface area is 150 Å². The van der Waals surface area contributed by atoms with Gasteiger partial charge >= 0.3 is 0 Å². The largest absolute Gasteiger partial charge is 0.368 e. The van der Waals surface area contributed by atoms with Crippen LogP contribution in [0, 0.1) is 15.9 Å². The van der Waals surface area contributed by atoms with Gasteiger partial charge in [0.2, 0.25) is 0 Å². The van der Waals surface area contributed by atoms with Crippen molar-refractivity contribution in [2.45, 2.75) is 0 Å². The lowest BCUT2D eigenvalue weighted by molar-refractivity contribution is -0.384. The van der Waals surface area contributed by atoms with E-state index in [1.54, 1.807) is 24.3 Å². The molecule has 0 aliphatic carbocycles. The molecule has 0 amide bonds. The monoisotopic (exact) mass is 360 g/mol. The normalized spacial score (nSPS) is 14.3. The molecular weight excluding hydrogens is 343 g/mol. The Hall–Kier alpha value is -2.74. The summed E-state index contributed by atoms with van der Waals surface area (Å²) in [7, 11) is 0. The highest BCUT2D eigenvalue weighted by atomic mass is 32.1. The van der Waals surface area contributed by atoms with Crippen LogP contribution in [0.3, 0.4) is 0 Å². The molecule has 0 spiro atoms. The maximum Gasteiger partial charge on any atom is 0.271 e. The number of nitrogens with zero attached hydrogens (tertiary/aromatic N) is 3. The van der Waals surface area contributed by atoms with Gasteiger partial charge in [-0.1, -0.05) is 6.07 Å². The minimum atomic E-state index is -0.435. The second-order valence-electron chi connectivity index (χ2n) is 5.69. The summed E-state index contributed by atoms with van der Waals surface area (Å²) in [6.07, 6.45) is 0. The topological polar surface area (TPSA) is 61.7 Å². The van der Waals surface area contributed by atoms with Gasteiger partial charge in [0, 0.05) is 49.7 Å². The van der Waals surface area contributed by atoms with Crippen LogP contribution in [0.1, 0.15) is 0 Å². The number of nitro benzene ring substituents is 1. The fourth-order valence-corrected chi connectivity index (χ4v) is 3.02. The molecule has 25 heavy (non-hydrogen) atoms. The summed E-state index contributed by atoms with van der Waals surface area (Å²) in [6.45, 7) is 2.97. The summed E-state index contributed by atoms with van der Waals surface area (Å²) < 4.78 is 13.0. The van der Waals surface area contributed by atoms with E-state index in [4.69, 9.17) is 12.2 Å². The number of thiocarbonyl (C=S) groups is 1. The van der Waals surface area contributed by atoms with Crippen LogP contribution in [0.25, 0.3) is 0 Å². The lowest BCUT2D eigenvalue weighted by Crippen LogP contribution is -2.50. The zero-order valence-electron chi connectivity index (χ0n) is 13.4. The number of hydrogen-bond acceptors (Lipinski definition) is 4. The molecule has 0 radical (unpaired) electrons. The van der Waals surface area contributed by atoms with Crippen molar-refractivity contribution in [3.05, 3.63) is 64.5 Å². The molecule has 6 nitrogen and oxygen atoms in total. The summed E-state index contributed by atoms with van der Waals surface area (Å²) >= 11 is 5.41. The molecule has 1 fully saturated rings. The van der Waals surface area contributed by atoms with E-state index in [0.29, 0.717) is 10.8 Å². The fraction of sp³-hybridized carbons (Fsp3) is 0.235. The van der Waals surface area contributed by atoms with Crippen LogP contribution < -0.4 is 10.2 Å². The number of benzene rings is 2. The first kappa shape index (κ1) is 17.1. The van der Waals surface area contributed by atoms with Crippen molar-refractivity contribution in [2.75, 3.05) is 36.4 Å². The van der Waals surface area contributed by atoms with Crippen molar-refractivity contribution in [3.8, 4) is 0 Å². The van der Waals surface area contributed by atoms with Crippen molar-refractivity contribution in [1.29, 1.82) is 0 Å². The molecule has 130 valence electrons. The van der Waals surface area contributed by atoms with E-state index >= 15 is 0 Å². The zero-order valence-corrected chi connectivity index (χ0v) is 14.2. The molecule has 0 saturated carbocycles. The van der Waals surface area contributed by atoms with Crippen molar-refractivity contribution in [3.63, 3.8) is 0 Å². The number of hydrogen-bond donors (Lipinski definition) is 1. The second kappa shape index (κ2) is 7.43. The first-order valence-electron chi connectivity index (χ1n) is 7.84. The molecule has 0 bridgehead atoms. The molecule has 8 heteroatoms. The average Bonchev–Trinajstić information content (AvgIpc) is 2.63. The van der Waals surface area contributed by atoms with E-state index in [0.717, 1.165) is 31.9 Å². The number of non-ortho nitro benzene ring substituents is 1. The maximum atomic E-state index is 13.0. The van der Waals surface area contributed by atoms with E-state index in [9.17, 15) is 14.5 Å². The molecule has 1 aliphatic rings. The van der Waals surface area contributed by atoms with Crippen molar-refractivity contribution in [2.24, 2.45) is 0 Å². The van der Waals surface area contributed by atoms with Crippen LogP contribution in [-0.4, -0.2) is 41.1 Å². The number of nitrogens with one attached hydrogen (secondary N) is 1. The Kier molecular flexibility index (Phi) is 5.08. The van der Waals surface area contributed by atoms with Gasteiger partial charge < -0.3 is 15.1 Å². The SMILES string of the molecule is O=[N+]([O-])c1cccc(NC(=S)N2CCN(c3ccc(F)cc3)CC2)c1. The number of nitro groups is 1. The summed E-state index contributed by atoms with van der Waals surface area (Å²) in [5, 5.41) is 14.4. The molecule has 2 aromatic rings. The highest BCUT2D eigenvalue weighted by molar-refractivity contribution is 7.80. The van der Waals surface area contributed by atoms with Gasteiger partial charge in [-0.15, -0.1) is 0 Å². The van der Waals surface area contributed by atoms with Gasteiger partial charge in [0.05, 0.1) is 4.92 Å². The minimum absolute atomic E-state index is 0.0222. The Bertz CT molecular complexity index is 776. The smallest absolute Gasteiger partial charge is 0.271 e. The Morgan fingerprint density at radius 2 is 1.80 bits per heavy atom. The maximum absolute atomic E-state index is 13.0. The molecule has 1 saturated heterocycles. The molecule has 0 unspecified atom stereocenters. The van der Waals surface area contributed by atoms with E-state index in [1.807, 2.05) is 4.90 Å². The first-order valence-corrected chi connectivity index (χ1v) is 8.24. The third-order valence-corrected chi connectivity index (χ3v) is 4.43. The molecule has 2 aromatic carbocycles. The van der Waals surface area contributed by atoms with E-state index in [1.165, 1.54) is 24.3 Å². The summed E-state index contributed by atoms with van der Waals surface area (Å²) in [5.41, 5.74) is 1.60. The van der Waals surface area contributed by atoms with Crippen LogP contribution in [0.4, 0.5) is 21.5 Å². The Balaban J connectivity index is 1.57. The third-order valence-electron chi connectivity index (χ3n) is 4.07. The zero-order chi connectivity index (χ0) is 17.8. The van der Waals surface area contributed by atoms with Gasteiger partial charge in [-0.25, -0.2) is 4.39 Å². The quantitative estimate of drug-likeness (QED) is 0.515. The van der Waals surface area contributed by atoms with Gasteiger partial charge in [0.15, 0.2) is 5.11 Å². The number of piperazine rings is 1. The predicted molar refractivity (Wildman–Crippen MR) is 99.5 cm³/mol. The molecule has 0 atom stereocenters. The van der Waals surface area contributed by atoms with Crippen molar-refractivity contribution >= 4 is 34.4 Å². The van der Waals surface area contributed by atoms with Gasteiger partial charge in [-0.05, 0) is 42.5 Å². The van der Waals surface area contributed by atoms with Crippen LogP contribution in [0.2, 0.25) is 0 Å². The standard InChI is InChI=1S/C17H17FN4O2S/c18-13-4-6-15(7-5-13)20-8-10-21(11-9-20)17(25)19-14-2-1-3-16(12-14)22(23)24/h1-7,12H,8-11H2,(H,19,25). The Morgan fingerprint density at radius 3 is 2.44 bits per heavy atom. The molecule has 1 N–H and O–H groups in total. The van der Waals surface area contributed by atoms with Crippen LogP contribution >= 0.6 is 12.2 Å². The summed E-state index contributed by atoms with van der Waals surface area (Å²) in [5.74, 6) is -0.246. The van der Waals surface area contributed by atoms with Gasteiger partial charge in [0.25, 0.3) is 5.69 Å². The Morgan fingerprint density at radius 1 is 1.12 bits per heavy atom. The number of halogens is 1. The molecule has 1 aliphatic heterocycles. The molecule has 3 rings (SSSR count). The lowest BCUT2D eigenvalue weighted by atomic mass is 10.2. The second-order valence-corrected chi connectivity index (χ2v) is 6.07. The highest BCUT2D eigenvalue weighted by Gasteiger charge is 2.19. The third kappa shape index (κ3) is 4.21. The molecule has 0 aromatic heterocycles. The van der Waals surface area contributed by atoms with Gasteiger partial charge in [-0.3, -0.25) is 10.1 Å². The summed E-state index contributed by atoms with van der Waals surface area (Å²) in [6, 6.07) is 12.7. The predicted octanol–water partition coefficient (Wildman–Crippen LogP) is 3.25. The molecular formula is C17H17FN4O2S. The van der Waals surface area contributed by atoms with Crippen molar-refractivity contribution < 1.29 is 9.31 Å². The summed E-state index contributed by atoms with van der Waals surface area (Å²) in [4.78, 5) is 14.6.